The third-order valence-electron chi connectivity index (χ3n) is 3.38. The third kappa shape index (κ3) is 3.13. The van der Waals surface area contributed by atoms with Crippen molar-refractivity contribution in [2.24, 2.45) is 0 Å². The molecule has 0 bridgehead atoms. The SMILES string of the molecule is Nc1ccc2[nH]nc(C(=O)NCCC(=O)NC3CC3)c2c1. The van der Waals surface area contributed by atoms with E-state index in [1.165, 1.54) is 0 Å². The Morgan fingerprint density at radius 1 is 1.38 bits per heavy atom. The first kappa shape index (κ1) is 13.4. The number of hydrogen-bond acceptors (Lipinski definition) is 4. The predicted octanol–water partition coefficient (Wildman–Crippen LogP) is 0.544. The van der Waals surface area contributed by atoms with Crippen LogP contribution in [0.4, 0.5) is 5.69 Å². The molecule has 2 amide bonds. The highest BCUT2D eigenvalue weighted by molar-refractivity contribution is 6.05. The van der Waals surface area contributed by atoms with Crippen LogP contribution in [0.15, 0.2) is 18.2 Å². The molecule has 7 nitrogen and oxygen atoms in total. The quantitative estimate of drug-likeness (QED) is 0.601. The highest BCUT2D eigenvalue weighted by Gasteiger charge is 2.23. The number of H-pyrrole nitrogens is 1. The summed E-state index contributed by atoms with van der Waals surface area (Å²) in [7, 11) is 0. The number of nitrogens with two attached hydrogens (primary N) is 1. The van der Waals surface area contributed by atoms with Gasteiger partial charge in [0, 0.05) is 30.1 Å². The molecule has 1 aliphatic rings. The summed E-state index contributed by atoms with van der Waals surface area (Å²) in [5.74, 6) is -0.347. The van der Waals surface area contributed by atoms with E-state index in [4.69, 9.17) is 5.73 Å². The van der Waals surface area contributed by atoms with Gasteiger partial charge in [0.1, 0.15) is 0 Å². The number of rotatable bonds is 5. The van der Waals surface area contributed by atoms with E-state index in [0.29, 0.717) is 22.8 Å². The number of hydrogen-bond donors (Lipinski definition) is 4. The summed E-state index contributed by atoms with van der Waals surface area (Å²) < 4.78 is 0. The first-order valence-corrected chi connectivity index (χ1v) is 6.94. The second kappa shape index (κ2) is 5.43. The van der Waals surface area contributed by atoms with Crippen molar-refractivity contribution in [1.29, 1.82) is 0 Å². The van der Waals surface area contributed by atoms with Gasteiger partial charge in [-0.3, -0.25) is 14.7 Å². The summed E-state index contributed by atoms with van der Waals surface area (Å²) >= 11 is 0. The number of amides is 2. The minimum atomic E-state index is -0.314. The fourth-order valence-corrected chi connectivity index (χ4v) is 2.11. The minimum absolute atomic E-state index is 0.0334. The molecule has 2 aromatic rings. The van der Waals surface area contributed by atoms with Gasteiger partial charge in [-0.1, -0.05) is 0 Å². The van der Waals surface area contributed by atoms with Crippen molar-refractivity contribution in [3.8, 4) is 0 Å². The smallest absolute Gasteiger partial charge is 0.272 e. The molecule has 0 saturated heterocycles. The maximum atomic E-state index is 12.1. The number of nitrogens with one attached hydrogen (secondary N) is 3. The minimum Gasteiger partial charge on any atom is -0.399 e. The molecule has 0 atom stereocenters. The number of nitrogen functional groups attached to an aromatic ring is 1. The van der Waals surface area contributed by atoms with Crippen molar-refractivity contribution in [3.63, 3.8) is 0 Å². The highest BCUT2D eigenvalue weighted by Crippen LogP contribution is 2.19. The van der Waals surface area contributed by atoms with Crippen molar-refractivity contribution in [2.75, 3.05) is 12.3 Å². The average molecular weight is 287 g/mol. The lowest BCUT2D eigenvalue weighted by atomic mass is 10.2. The number of aromatic nitrogens is 2. The summed E-state index contributed by atoms with van der Waals surface area (Å²) in [6.45, 7) is 0.286. The lowest BCUT2D eigenvalue weighted by molar-refractivity contribution is -0.121. The molecule has 0 aliphatic heterocycles. The number of carbonyl (C=O) groups excluding carboxylic acids is 2. The van der Waals surface area contributed by atoms with E-state index in [9.17, 15) is 9.59 Å². The molecule has 1 saturated carbocycles. The summed E-state index contributed by atoms with van der Waals surface area (Å²) in [6, 6.07) is 5.56. The number of benzene rings is 1. The van der Waals surface area contributed by atoms with Gasteiger partial charge in [0.2, 0.25) is 5.91 Å². The number of carbonyl (C=O) groups is 2. The van der Waals surface area contributed by atoms with Gasteiger partial charge in [-0.15, -0.1) is 0 Å². The van der Waals surface area contributed by atoms with Crippen molar-refractivity contribution >= 4 is 28.4 Å². The van der Waals surface area contributed by atoms with E-state index in [1.807, 2.05) is 0 Å². The molecule has 21 heavy (non-hydrogen) atoms. The highest BCUT2D eigenvalue weighted by atomic mass is 16.2. The molecule has 1 fully saturated rings. The zero-order valence-electron chi connectivity index (χ0n) is 11.5. The van der Waals surface area contributed by atoms with Crippen molar-refractivity contribution in [3.05, 3.63) is 23.9 Å². The van der Waals surface area contributed by atoms with E-state index >= 15 is 0 Å². The molecule has 110 valence electrons. The first-order valence-electron chi connectivity index (χ1n) is 6.94. The largest absolute Gasteiger partial charge is 0.399 e. The van der Waals surface area contributed by atoms with E-state index in [2.05, 4.69) is 20.8 Å². The van der Waals surface area contributed by atoms with Crippen LogP contribution in [-0.2, 0) is 4.79 Å². The number of aromatic amines is 1. The monoisotopic (exact) mass is 287 g/mol. The lowest BCUT2D eigenvalue weighted by Gasteiger charge is -2.04. The molecule has 5 N–H and O–H groups in total. The summed E-state index contributed by atoms with van der Waals surface area (Å²) in [4.78, 5) is 23.6. The van der Waals surface area contributed by atoms with Crippen LogP contribution in [0.2, 0.25) is 0 Å². The van der Waals surface area contributed by atoms with Crippen LogP contribution < -0.4 is 16.4 Å². The van der Waals surface area contributed by atoms with Crippen LogP contribution in [0, 0.1) is 0 Å². The van der Waals surface area contributed by atoms with Gasteiger partial charge in [0.15, 0.2) is 5.69 Å². The number of anilines is 1. The number of fused-ring (bicyclic) bond motifs is 1. The summed E-state index contributed by atoms with van der Waals surface area (Å²) in [5, 5.41) is 13.0. The Morgan fingerprint density at radius 3 is 2.95 bits per heavy atom. The van der Waals surface area contributed by atoms with Crippen molar-refractivity contribution < 1.29 is 9.59 Å². The predicted molar refractivity (Wildman–Crippen MR) is 78.6 cm³/mol. The lowest BCUT2D eigenvalue weighted by Crippen LogP contribution is -2.31. The molecular weight excluding hydrogens is 270 g/mol. The van der Waals surface area contributed by atoms with Gasteiger partial charge in [-0.25, -0.2) is 0 Å². The Hall–Kier alpha value is -2.57. The second-order valence-electron chi connectivity index (χ2n) is 5.22. The molecule has 1 heterocycles. The van der Waals surface area contributed by atoms with Crippen LogP contribution in [0.3, 0.4) is 0 Å². The maximum absolute atomic E-state index is 12.1. The Labute approximate surface area is 121 Å². The molecular formula is C14H17N5O2. The molecule has 0 unspecified atom stereocenters. The van der Waals surface area contributed by atoms with Crippen LogP contribution in [-0.4, -0.2) is 34.6 Å². The van der Waals surface area contributed by atoms with Gasteiger partial charge in [0.25, 0.3) is 5.91 Å². The molecule has 1 aromatic heterocycles. The van der Waals surface area contributed by atoms with Crippen LogP contribution in [0.25, 0.3) is 10.9 Å². The molecule has 0 radical (unpaired) electrons. The topological polar surface area (TPSA) is 113 Å². The fourth-order valence-electron chi connectivity index (χ4n) is 2.11. The van der Waals surface area contributed by atoms with Gasteiger partial charge in [-0.2, -0.15) is 5.10 Å². The standard InChI is InChI=1S/C14H17N5O2/c15-8-1-4-11-10(7-8)13(19-18-11)14(21)16-6-5-12(20)17-9-2-3-9/h1,4,7,9H,2-3,5-6,15H2,(H,16,21)(H,17,20)(H,18,19). The molecule has 0 spiro atoms. The van der Waals surface area contributed by atoms with Gasteiger partial charge >= 0.3 is 0 Å². The Bertz CT molecular complexity index is 690. The van der Waals surface area contributed by atoms with Crippen LogP contribution >= 0.6 is 0 Å². The van der Waals surface area contributed by atoms with Crippen molar-refractivity contribution in [1.82, 2.24) is 20.8 Å². The zero-order valence-corrected chi connectivity index (χ0v) is 11.5. The average Bonchev–Trinajstić information content (AvgIpc) is 3.15. The third-order valence-corrected chi connectivity index (χ3v) is 3.38. The first-order chi connectivity index (χ1) is 10.1. The summed E-state index contributed by atoms with van der Waals surface area (Å²) in [6.07, 6.45) is 2.38. The van der Waals surface area contributed by atoms with E-state index in [0.717, 1.165) is 18.4 Å². The van der Waals surface area contributed by atoms with E-state index in [1.54, 1.807) is 18.2 Å². The fraction of sp³-hybridized carbons (Fsp3) is 0.357. The van der Waals surface area contributed by atoms with Crippen molar-refractivity contribution in [2.45, 2.75) is 25.3 Å². The van der Waals surface area contributed by atoms with E-state index < -0.39 is 0 Å². The second-order valence-corrected chi connectivity index (χ2v) is 5.22. The number of nitrogens with zero attached hydrogens (tertiary/aromatic N) is 1. The summed E-state index contributed by atoms with van der Waals surface area (Å²) in [5.41, 5.74) is 7.33. The molecule has 1 aliphatic carbocycles. The maximum Gasteiger partial charge on any atom is 0.272 e. The van der Waals surface area contributed by atoms with Crippen LogP contribution in [0.5, 0.6) is 0 Å². The van der Waals surface area contributed by atoms with Crippen LogP contribution in [0.1, 0.15) is 29.8 Å². The van der Waals surface area contributed by atoms with E-state index in [-0.39, 0.29) is 24.8 Å². The van der Waals surface area contributed by atoms with Gasteiger partial charge in [-0.05, 0) is 31.0 Å². The van der Waals surface area contributed by atoms with Gasteiger partial charge in [0.05, 0.1) is 5.52 Å². The Morgan fingerprint density at radius 2 is 2.19 bits per heavy atom. The Balaban J connectivity index is 1.58. The van der Waals surface area contributed by atoms with Gasteiger partial charge < -0.3 is 16.4 Å². The molecule has 1 aromatic carbocycles. The molecule has 7 heteroatoms. The Kier molecular flexibility index (Phi) is 3.47. The zero-order chi connectivity index (χ0) is 14.8. The molecule has 3 rings (SSSR count). The normalized spacial score (nSPS) is 14.1.